The molecule has 4 saturated heterocycles. The molecule has 12 aromatic rings. The van der Waals surface area contributed by atoms with E-state index >= 15 is 0 Å². The molecule has 8 N–H and O–H groups in total. The Morgan fingerprint density at radius 3 is 0.944 bits per heavy atom. The summed E-state index contributed by atoms with van der Waals surface area (Å²) < 4.78 is 593. The third-order valence-corrected chi connectivity index (χ3v) is 27.7. The van der Waals surface area contributed by atoms with Gasteiger partial charge < -0.3 is 58.5 Å². The van der Waals surface area contributed by atoms with Crippen LogP contribution < -0.4 is 60.1 Å². The van der Waals surface area contributed by atoms with E-state index in [2.05, 4.69) is 69.7 Å². The van der Waals surface area contributed by atoms with Crippen molar-refractivity contribution in [1.29, 1.82) is 0 Å². The summed E-state index contributed by atoms with van der Waals surface area (Å²) in [7, 11) is -18.7. The van der Waals surface area contributed by atoms with E-state index in [-0.39, 0.29) is 146 Å². The SMILES string of the molecule is [2H]C(NS(=O)(=O)c1ccc(OCCC)c(-c2nc3c(CC([2H])([2H])C([2H])([2H])[2H])nn(C([2H])([2H])[2H])c3c(=O)[nH]2)c1)C([2H])([2H])C1CCCN1C([2H])([2H])[2H].[2H]C([2H])(CNS(=O)(=O)c1ccc(OCCC)c(-c2nc3c(C([2H])([2H])C([2H])([2H])C([2H])([2H])[2H])nn(C([2H])([2H])[2H])c3c(=O)[nH]2)c1)C1CCCN1C([2H])([2H])[2H].[2H]C([2H])(CNS(=O)(=O)c1ccc(OCCC)c(-c2nc3c(CC([2H])([2H])C([2H])([2H])[2H])nn(C([2H])([2H])[2H])c3c(=O)[nH]2)c1)C1CCCN1C([2H])([2H])[2H].[2H]C([2H])([2H])N1CCCC1C([2H])([2H])C([2H])([2H])NS(=O)(=O)c1ccc(OCCC)c(-c2nc3c(CC([2H])([2H])C([2H])([2H])[2H])nn(C([2H])([2H])[2H])c3c(=O)[nH]2)c1. The van der Waals surface area contributed by atoms with Gasteiger partial charge in [-0.1, -0.05) is 80.6 Å². The van der Waals surface area contributed by atoms with Crippen LogP contribution >= 0.6 is 0 Å². The van der Waals surface area contributed by atoms with E-state index in [1.54, 1.807) is 32.4 Å². The highest BCUT2D eigenvalue weighted by Gasteiger charge is 2.32. The fraction of sp³-hybridized carbons (Fsp3) is 0.560. The van der Waals surface area contributed by atoms with Gasteiger partial charge in [-0.3, -0.25) is 37.9 Å². The van der Waals surface area contributed by atoms with Gasteiger partial charge in [-0.2, -0.15) is 20.4 Å². The number of H-pyrrole nitrogens is 4. The van der Waals surface area contributed by atoms with Crippen molar-refractivity contribution in [3.63, 3.8) is 0 Å². The van der Waals surface area contributed by atoms with Crippen molar-refractivity contribution in [2.45, 2.75) is 253 Å². The minimum atomic E-state index is -4.97. The van der Waals surface area contributed by atoms with Crippen molar-refractivity contribution in [2.75, 3.05) is 107 Å². The summed E-state index contributed by atoms with van der Waals surface area (Å²) in [5, 5.41) is 15.2. The molecule has 4 aromatic carbocycles. The van der Waals surface area contributed by atoms with Gasteiger partial charge in [-0.25, -0.2) is 72.5 Å². The van der Waals surface area contributed by atoms with Gasteiger partial charge in [-0.05, 0) is 255 Å². The van der Waals surface area contributed by atoms with Gasteiger partial charge in [0, 0.05) is 156 Å². The number of aromatic amines is 4. The molecular formula is C100H144N24O16S4. The second kappa shape index (κ2) is 49.9. The first-order valence-corrected chi connectivity index (χ1v) is 50.8. The maximum Gasteiger partial charge on any atom is 0.277 e. The van der Waals surface area contributed by atoms with E-state index in [9.17, 15) is 52.8 Å². The first-order valence-electron chi connectivity index (χ1n) is 73.5. The largest absolute Gasteiger partial charge is 0.493 e. The molecular weight excluding hydrogens is 1920 g/mol. The number of aryl methyl sites for hydroxylation is 8. The lowest BCUT2D eigenvalue weighted by Gasteiger charge is -2.19. The first-order chi connectivity index (χ1) is 91.1. The first kappa shape index (κ1) is 56.8. The Morgan fingerprint density at radius 2 is 0.646 bits per heavy atom. The summed E-state index contributed by atoms with van der Waals surface area (Å²) in [6.45, 7) is -35.5. The monoisotopic (exact) mass is 2120 g/mol. The molecule has 16 rings (SSSR count). The molecule has 0 spiro atoms. The van der Waals surface area contributed by atoms with Crippen molar-refractivity contribution < 1.29 is 131 Å². The Bertz CT molecular complexity index is 9800. The van der Waals surface area contributed by atoms with E-state index in [1.807, 2.05) is 4.72 Å². The van der Waals surface area contributed by atoms with Crippen LogP contribution in [-0.4, -0.2) is 263 Å². The zero-order valence-corrected chi connectivity index (χ0v) is 81.1. The fourth-order valence-electron chi connectivity index (χ4n) is 15.3. The van der Waals surface area contributed by atoms with Crippen LogP contribution in [0.3, 0.4) is 0 Å². The van der Waals surface area contributed by atoms with Gasteiger partial charge in [0.25, 0.3) is 22.2 Å². The van der Waals surface area contributed by atoms with Crippen LogP contribution in [0, 0.1) is 0 Å². The Morgan fingerprint density at radius 1 is 0.361 bits per heavy atom. The number of hydrogen-bond acceptors (Lipinski definition) is 28. The molecule has 784 valence electrons. The molecule has 0 saturated carbocycles. The highest BCUT2D eigenvalue weighted by molar-refractivity contribution is 7.90. The second-order valence-corrected chi connectivity index (χ2v) is 39.3. The number of fused-ring (bicyclic) bond motifs is 4. The normalized spacial score (nSPS) is 24.8. The maximum atomic E-state index is 13.6. The minimum Gasteiger partial charge on any atom is -0.493 e. The number of nitrogens with zero attached hydrogens (tertiary/aromatic N) is 16. The molecule has 0 radical (unpaired) electrons. The number of nitrogens with one attached hydrogen (secondary N) is 8. The lowest BCUT2D eigenvalue weighted by molar-refractivity contribution is 0.297. The summed E-state index contributed by atoms with van der Waals surface area (Å²) in [5.74, 6) is -1.75. The smallest absolute Gasteiger partial charge is 0.277 e. The Kier molecular flexibility index (Phi) is 19.7. The van der Waals surface area contributed by atoms with Crippen molar-refractivity contribution in [3.05, 3.63) is 137 Å². The summed E-state index contributed by atoms with van der Waals surface area (Å²) >= 11 is 0. The average molecular weight is 2120 g/mol. The number of sulfonamides is 4. The summed E-state index contributed by atoms with van der Waals surface area (Å²) in [4.78, 5) is 81.8. The summed E-state index contributed by atoms with van der Waals surface area (Å²) in [6, 6.07) is 8.19. The highest BCUT2D eigenvalue weighted by atomic mass is 32.2. The molecule has 0 amide bonds. The van der Waals surface area contributed by atoms with Gasteiger partial charge in [0.1, 0.15) is 68.4 Å². The van der Waals surface area contributed by atoms with Gasteiger partial charge in [-0.15, -0.1) is 0 Å². The molecule has 4 fully saturated rings. The van der Waals surface area contributed by atoms with Crippen LogP contribution in [0.5, 0.6) is 23.0 Å². The topological polar surface area (TPSA) is 489 Å². The molecule has 8 aromatic heterocycles. The van der Waals surface area contributed by atoms with Crippen molar-refractivity contribution in [2.24, 2.45) is 27.9 Å². The Hall–Kier alpha value is -11.0. The van der Waals surface area contributed by atoms with Gasteiger partial charge in [0.2, 0.25) is 40.1 Å². The number of aromatic nitrogens is 16. The average Bonchev–Trinajstić information content (AvgIpc) is 1.56. The van der Waals surface area contributed by atoms with Crippen molar-refractivity contribution >= 4 is 84.2 Å². The fourth-order valence-corrected chi connectivity index (χ4v) is 19.0. The third-order valence-electron chi connectivity index (χ3n) is 22.3. The predicted octanol–water partition coefficient (Wildman–Crippen LogP) is 11.3. The van der Waals surface area contributed by atoms with Crippen molar-refractivity contribution in [1.82, 2.24) is 117 Å². The van der Waals surface area contributed by atoms with Gasteiger partial charge >= 0.3 is 0 Å². The maximum absolute atomic E-state index is 13.6. The summed E-state index contributed by atoms with van der Waals surface area (Å²) in [6.07, 6.45) is -25.5. The Labute approximate surface area is 923 Å². The molecule has 5 atom stereocenters. The number of ether oxygens (including phenoxy) is 4. The van der Waals surface area contributed by atoms with E-state index < -0.39 is 371 Å². The molecule has 4 aliphatic rings. The molecule has 4 aliphatic heterocycles. The van der Waals surface area contributed by atoms with E-state index in [1.165, 1.54) is 18.2 Å². The van der Waals surface area contributed by atoms with E-state index in [0.717, 1.165) is 74.2 Å². The number of rotatable bonds is 44. The molecule has 40 nitrogen and oxygen atoms in total. The quantitative estimate of drug-likeness (QED) is 0.0176. The number of likely N-dealkylation sites (tertiary alicyclic amines) is 4. The van der Waals surface area contributed by atoms with Crippen LogP contribution in [-0.2, 0) is 93.6 Å². The third kappa shape index (κ3) is 26.5. The van der Waals surface area contributed by atoms with Gasteiger partial charge in [0.05, 0.1) is 91.0 Å². The summed E-state index contributed by atoms with van der Waals surface area (Å²) in [5.41, 5.74) is -12.7. The van der Waals surface area contributed by atoms with Crippen LogP contribution in [0.2, 0.25) is 0 Å². The second-order valence-electron chi connectivity index (χ2n) is 32.4. The van der Waals surface area contributed by atoms with E-state index in [4.69, 9.17) is 97.1 Å². The van der Waals surface area contributed by atoms with Crippen LogP contribution in [0.4, 0.5) is 0 Å². The van der Waals surface area contributed by atoms with Crippen LogP contribution in [0.25, 0.3) is 89.7 Å². The number of hydrogen-bond donors (Lipinski definition) is 8. The van der Waals surface area contributed by atoms with Crippen LogP contribution in [0.1, 0.15) is 284 Å². The molecule has 0 bridgehead atoms. The molecule has 144 heavy (non-hydrogen) atoms. The lowest BCUT2D eigenvalue weighted by atomic mass is 10.1. The van der Waals surface area contributed by atoms with Crippen molar-refractivity contribution in [3.8, 4) is 68.5 Å². The van der Waals surface area contributed by atoms with Gasteiger partial charge in [0.15, 0.2) is 22.1 Å². The molecule has 12 heterocycles. The Balaban J connectivity index is 0.000000215. The highest BCUT2D eigenvalue weighted by Crippen LogP contribution is 2.38. The zero-order chi connectivity index (χ0) is 152. The zero-order valence-electron chi connectivity index (χ0n) is 135. The van der Waals surface area contributed by atoms with E-state index in [0.29, 0.717) is 59.0 Å². The molecule has 5 unspecified atom stereocenters. The standard InChI is InChI=1S/4C25H36N6O4S/c4*1-5-8-20-22-23(31(4)29-20)25(32)28-24(27-22)19-16-18(10-11-21(19)35-15-6-2)36(33,34)26-13-12-17-9-7-14-30(17)3/h4*10-11,16-17,26H,5-9,12-15H2,1-4H3,(H,27,28,32)/i1D3,3D3,4D3,5D2,12D2,13D2;1D3,3D3,4D3,5D2,12D2,13D;1D3,3D3,4D3,5D2,8D2,12D2;1D3,3D3,4D3,5D2,12D2. The predicted molar refractivity (Wildman–Crippen MR) is 559 cm³/mol. The minimum absolute atomic E-state index is 0.00656. The molecule has 0 aliphatic carbocycles. The number of benzene rings is 4. The van der Waals surface area contributed by atoms with Crippen LogP contribution in [0.15, 0.2) is 112 Å². The lowest BCUT2D eigenvalue weighted by Crippen LogP contribution is -2.31. The molecule has 44 heteroatoms.